The minimum Gasteiger partial charge on any atom is -0.381 e. The number of hydrazine groups is 1. The topological polar surface area (TPSA) is 127 Å². The van der Waals surface area contributed by atoms with Gasteiger partial charge in [-0.25, -0.2) is 4.98 Å². The summed E-state index contributed by atoms with van der Waals surface area (Å²) in [5.74, 6) is -0.347. The molecule has 0 spiro atoms. The maximum atomic E-state index is 13.4. The summed E-state index contributed by atoms with van der Waals surface area (Å²) in [6, 6.07) is 16.3. The van der Waals surface area contributed by atoms with Gasteiger partial charge in [-0.1, -0.05) is 36.4 Å². The van der Waals surface area contributed by atoms with E-state index in [0.29, 0.717) is 46.9 Å². The molecule has 2 amide bonds. The van der Waals surface area contributed by atoms with E-state index in [0.717, 1.165) is 24.0 Å². The van der Waals surface area contributed by atoms with Crippen molar-refractivity contribution in [2.75, 3.05) is 18.5 Å². The van der Waals surface area contributed by atoms with Crippen molar-refractivity contribution in [3.05, 3.63) is 87.8 Å². The van der Waals surface area contributed by atoms with Crippen LogP contribution in [0.25, 0.3) is 22.2 Å². The molecular weight excluding hydrogens is 496 g/mol. The molecule has 10 nitrogen and oxygen atoms in total. The number of amides is 2. The summed E-state index contributed by atoms with van der Waals surface area (Å²) in [6.45, 7) is 3.27. The average molecular weight is 527 g/mol. The number of carbonyl (C=O) groups excluding carboxylic acids is 2. The van der Waals surface area contributed by atoms with E-state index in [4.69, 9.17) is 4.74 Å². The van der Waals surface area contributed by atoms with E-state index in [1.54, 1.807) is 37.5 Å². The molecule has 3 N–H and O–H groups in total. The number of hydrogen-bond acceptors (Lipinski definition) is 7. The van der Waals surface area contributed by atoms with Gasteiger partial charge in [0.25, 0.3) is 11.5 Å². The van der Waals surface area contributed by atoms with Gasteiger partial charge in [-0.2, -0.15) is 4.98 Å². The summed E-state index contributed by atoms with van der Waals surface area (Å²) in [5.41, 5.74) is 8.20. The van der Waals surface area contributed by atoms with Crippen LogP contribution in [0.3, 0.4) is 0 Å². The first-order valence-corrected chi connectivity index (χ1v) is 12.8. The second-order valence-corrected chi connectivity index (χ2v) is 9.62. The molecule has 5 rings (SSSR count). The first-order valence-electron chi connectivity index (χ1n) is 12.8. The van der Waals surface area contributed by atoms with Crippen molar-refractivity contribution in [2.45, 2.75) is 32.2 Å². The van der Waals surface area contributed by atoms with E-state index in [1.165, 1.54) is 4.57 Å². The Morgan fingerprint density at radius 1 is 1.03 bits per heavy atom. The van der Waals surface area contributed by atoms with Gasteiger partial charge < -0.3 is 10.1 Å². The molecule has 2 aromatic carbocycles. The van der Waals surface area contributed by atoms with Crippen LogP contribution in [0.5, 0.6) is 0 Å². The Kier molecular flexibility index (Phi) is 7.64. The number of rotatable bonds is 6. The Hall–Kier alpha value is -4.57. The molecule has 10 heteroatoms. The predicted molar refractivity (Wildman–Crippen MR) is 148 cm³/mol. The number of hydrogen-bond donors (Lipinski definition) is 3. The zero-order valence-corrected chi connectivity index (χ0v) is 21.9. The van der Waals surface area contributed by atoms with E-state index >= 15 is 0 Å². The van der Waals surface area contributed by atoms with Crippen LogP contribution in [-0.4, -0.2) is 45.6 Å². The second-order valence-electron chi connectivity index (χ2n) is 9.62. The van der Waals surface area contributed by atoms with Gasteiger partial charge >= 0.3 is 0 Å². The van der Waals surface area contributed by atoms with Crippen molar-refractivity contribution in [1.29, 1.82) is 0 Å². The van der Waals surface area contributed by atoms with Gasteiger partial charge in [-0.15, -0.1) is 0 Å². The third kappa shape index (κ3) is 5.96. The molecule has 1 aliphatic rings. The highest BCUT2D eigenvalue weighted by atomic mass is 16.5. The molecule has 1 aliphatic heterocycles. The van der Waals surface area contributed by atoms with Crippen molar-refractivity contribution >= 4 is 28.8 Å². The number of nitrogens with zero attached hydrogens (tertiary/aromatic N) is 3. The smallest absolute Gasteiger partial charge is 0.269 e. The standard InChI is InChI=1S/C29H30N6O4/c1-18-8-9-20(27(37)34-33-25(36)14-19-6-4-3-5-7-19)15-23(18)24-16-21-17-30-29(31-22-10-12-39-13-11-22)32-26(21)35(2)28(24)38/h3-9,15-17,22H,10-14H2,1-2H3,(H,33,36)(H,34,37)(H,30,31,32). The Morgan fingerprint density at radius 3 is 2.56 bits per heavy atom. The highest BCUT2D eigenvalue weighted by molar-refractivity contribution is 5.97. The van der Waals surface area contributed by atoms with Gasteiger partial charge in [-0.3, -0.25) is 29.8 Å². The number of pyridine rings is 1. The molecule has 4 aromatic rings. The zero-order valence-electron chi connectivity index (χ0n) is 21.9. The van der Waals surface area contributed by atoms with Crippen LogP contribution in [-0.2, 0) is 23.0 Å². The fourth-order valence-corrected chi connectivity index (χ4v) is 4.61. The minimum atomic E-state index is -0.484. The molecule has 2 aromatic heterocycles. The lowest BCUT2D eigenvalue weighted by atomic mass is 9.98. The van der Waals surface area contributed by atoms with E-state index in [-0.39, 0.29) is 23.9 Å². The van der Waals surface area contributed by atoms with E-state index in [1.807, 2.05) is 37.3 Å². The first-order chi connectivity index (χ1) is 18.9. The minimum absolute atomic E-state index is 0.141. The monoisotopic (exact) mass is 526 g/mol. The Morgan fingerprint density at radius 2 is 1.79 bits per heavy atom. The number of fused-ring (bicyclic) bond motifs is 1. The predicted octanol–water partition coefficient (Wildman–Crippen LogP) is 2.90. The molecule has 39 heavy (non-hydrogen) atoms. The lowest BCUT2D eigenvalue weighted by Crippen LogP contribution is -2.42. The van der Waals surface area contributed by atoms with E-state index in [9.17, 15) is 14.4 Å². The number of anilines is 1. The second kappa shape index (κ2) is 11.4. The zero-order chi connectivity index (χ0) is 27.4. The molecule has 0 aliphatic carbocycles. The Labute approximate surface area is 225 Å². The molecule has 0 unspecified atom stereocenters. The van der Waals surface area contributed by atoms with Gasteiger partial charge in [0.15, 0.2) is 0 Å². The summed E-state index contributed by atoms with van der Waals surface area (Å²) < 4.78 is 6.90. The van der Waals surface area contributed by atoms with Crippen LogP contribution in [0.4, 0.5) is 5.95 Å². The van der Waals surface area contributed by atoms with Gasteiger partial charge in [-0.05, 0) is 54.7 Å². The van der Waals surface area contributed by atoms with E-state index in [2.05, 4.69) is 26.1 Å². The molecule has 0 bridgehead atoms. The Bertz CT molecular complexity index is 1580. The molecule has 1 fully saturated rings. The average Bonchev–Trinajstić information content (AvgIpc) is 2.95. The van der Waals surface area contributed by atoms with Crippen LogP contribution in [0.1, 0.15) is 34.3 Å². The van der Waals surface area contributed by atoms with E-state index < -0.39 is 5.91 Å². The van der Waals surface area contributed by atoms with Crippen LogP contribution >= 0.6 is 0 Å². The van der Waals surface area contributed by atoms with Crippen LogP contribution in [0.15, 0.2) is 65.6 Å². The third-order valence-electron chi connectivity index (χ3n) is 6.82. The van der Waals surface area contributed by atoms with Crippen LogP contribution in [0, 0.1) is 6.92 Å². The maximum Gasteiger partial charge on any atom is 0.269 e. The quantitative estimate of drug-likeness (QED) is 0.330. The van der Waals surface area contributed by atoms with Gasteiger partial charge in [0.1, 0.15) is 5.65 Å². The summed E-state index contributed by atoms with van der Waals surface area (Å²) in [7, 11) is 1.67. The fourth-order valence-electron chi connectivity index (χ4n) is 4.61. The third-order valence-corrected chi connectivity index (χ3v) is 6.82. The van der Waals surface area contributed by atoms with Crippen molar-refractivity contribution in [3.8, 4) is 11.1 Å². The van der Waals surface area contributed by atoms with Crippen molar-refractivity contribution in [3.63, 3.8) is 0 Å². The summed E-state index contributed by atoms with van der Waals surface area (Å²) >= 11 is 0. The maximum absolute atomic E-state index is 13.4. The number of nitrogens with one attached hydrogen (secondary N) is 3. The number of ether oxygens (including phenoxy) is 1. The lowest BCUT2D eigenvalue weighted by Gasteiger charge is -2.23. The van der Waals surface area contributed by atoms with Gasteiger partial charge in [0, 0.05) is 49.0 Å². The normalized spacial score (nSPS) is 13.7. The number of benzene rings is 2. The highest BCUT2D eigenvalue weighted by Crippen LogP contribution is 2.25. The van der Waals surface area contributed by atoms with Gasteiger partial charge in [0.05, 0.1) is 6.42 Å². The number of aryl methyl sites for hydroxylation is 2. The summed E-state index contributed by atoms with van der Waals surface area (Å²) in [5, 5.41) is 4.04. The molecule has 200 valence electrons. The molecule has 3 heterocycles. The molecule has 0 atom stereocenters. The van der Waals surface area contributed by atoms with Crippen LogP contribution in [0.2, 0.25) is 0 Å². The highest BCUT2D eigenvalue weighted by Gasteiger charge is 2.18. The summed E-state index contributed by atoms with van der Waals surface area (Å²) in [4.78, 5) is 47.5. The SMILES string of the molecule is Cc1ccc(C(=O)NNC(=O)Cc2ccccc2)cc1-c1cc2cnc(NC3CCOCC3)nc2n(C)c1=O. The molecule has 0 saturated carbocycles. The Balaban J connectivity index is 1.36. The number of aromatic nitrogens is 3. The van der Waals surface area contributed by atoms with Crippen molar-refractivity contribution in [1.82, 2.24) is 25.4 Å². The largest absolute Gasteiger partial charge is 0.381 e. The van der Waals surface area contributed by atoms with Crippen LogP contribution < -0.4 is 21.7 Å². The molecule has 1 saturated heterocycles. The first kappa shape index (κ1) is 26.1. The summed E-state index contributed by atoms with van der Waals surface area (Å²) in [6.07, 6.45) is 3.58. The van der Waals surface area contributed by atoms with Crippen molar-refractivity contribution < 1.29 is 14.3 Å². The van der Waals surface area contributed by atoms with Crippen molar-refractivity contribution in [2.24, 2.45) is 7.05 Å². The molecular formula is C29H30N6O4. The fraction of sp³-hybridized carbons (Fsp3) is 0.276. The van der Waals surface area contributed by atoms with Gasteiger partial charge in [0.2, 0.25) is 11.9 Å². The lowest BCUT2D eigenvalue weighted by molar-refractivity contribution is -0.121. The number of carbonyl (C=O) groups is 2. The molecule has 0 radical (unpaired) electrons.